The fourth-order valence-electron chi connectivity index (χ4n) is 1.82. The Balaban J connectivity index is 1.86. The first-order chi connectivity index (χ1) is 9.20. The monoisotopic (exact) mass is 275 g/mol. The van der Waals surface area contributed by atoms with Crippen LogP contribution >= 0.6 is 11.8 Å². The largest absolute Gasteiger partial charge is 0.486 e. The summed E-state index contributed by atoms with van der Waals surface area (Å²) in [6, 6.07) is 7.74. The first-order valence-corrected chi connectivity index (χ1v) is 6.71. The van der Waals surface area contributed by atoms with Gasteiger partial charge < -0.3 is 15.2 Å². The van der Waals surface area contributed by atoms with Gasteiger partial charge in [0.25, 0.3) is 0 Å². The van der Waals surface area contributed by atoms with E-state index >= 15 is 0 Å². The number of fused-ring (bicyclic) bond motifs is 1. The van der Waals surface area contributed by atoms with Crippen LogP contribution in [-0.4, -0.2) is 23.2 Å². The van der Waals surface area contributed by atoms with E-state index in [4.69, 9.17) is 15.2 Å². The molecule has 1 aromatic heterocycles. The Morgan fingerprint density at radius 1 is 1.11 bits per heavy atom. The van der Waals surface area contributed by atoms with Crippen molar-refractivity contribution >= 4 is 17.7 Å². The van der Waals surface area contributed by atoms with Gasteiger partial charge in [-0.1, -0.05) is 11.8 Å². The Morgan fingerprint density at radius 2 is 1.89 bits per heavy atom. The quantitative estimate of drug-likeness (QED) is 0.848. The zero-order valence-electron chi connectivity index (χ0n) is 10.4. The molecule has 0 spiro atoms. The second kappa shape index (κ2) is 4.97. The number of anilines is 1. The van der Waals surface area contributed by atoms with Crippen LogP contribution in [0.3, 0.4) is 0 Å². The molecule has 0 unspecified atom stereocenters. The third-order valence-corrected chi connectivity index (χ3v) is 3.49. The zero-order valence-corrected chi connectivity index (χ0v) is 11.2. The van der Waals surface area contributed by atoms with Crippen LogP contribution in [0.1, 0.15) is 5.69 Å². The van der Waals surface area contributed by atoms with Gasteiger partial charge in [-0.05, 0) is 31.2 Å². The molecule has 0 aliphatic carbocycles. The lowest BCUT2D eigenvalue weighted by Crippen LogP contribution is -2.15. The second-order valence-corrected chi connectivity index (χ2v) is 5.21. The van der Waals surface area contributed by atoms with E-state index in [1.807, 2.05) is 31.2 Å². The molecule has 2 aromatic rings. The Kier molecular flexibility index (Phi) is 3.16. The number of nitrogens with zero attached hydrogens (tertiary/aromatic N) is 2. The van der Waals surface area contributed by atoms with Crippen molar-refractivity contribution in [3.63, 3.8) is 0 Å². The van der Waals surface area contributed by atoms with E-state index in [9.17, 15) is 0 Å². The van der Waals surface area contributed by atoms with E-state index in [0.29, 0.717) is 19.2 Å². The van der Waals surface area contributed by atoms with Crippen LogP contribution in [0.25, 0.3) is 0 Å². The molecule has 6 heteroatoms. The fraction of sp³-hybridized carbons (Fsp3) is 0.231. The SMILES string of the molecule is Cc1cc(Sc2ccc3c(c2)OCCO3)nc(N)n1. The van der Waals surface area contributed by atoms with Gasteiger partial charge in [-0.3, -0.25) is 0 Å². The molecule has 5 nitrogen and oxygen atoms in total. The normalized spacial score (nSPS) is 13.3. The number of nitrogen functional groups attached to an aromatic ring is 1. The van der Waals surface area contributed by atoms with Crippen LogP contribution in [0.5, 0.6) is 11.5 Å². The van der Waals surface area contributed by atoms with E-state index in [2.05, 4.69) is 9.97 Å². The number of aromatic nitrogens is 2. The van der Waals surface area contributed by atoms with E-state index in [1.165, 1.54) is 11.8 Å². The molecule has 1 aliphatic rings. The summed E-state index contributed by atoms with van der Waals surface area (Å²) >= 11 is 1.52. The third kappa shape index (κ3) is 2.73. The van der Waals surface area contributed by atoms with Crippen molar-refractivity contribution in [2.24, 2.45) is 0 Å². The van der Waals surface area contributed by atoms with E-state index in [0.717, 1.165) is 27.1 Å². The summed E-state index contributed by atoms with van der Waals surface area (Å²) in [5.41, 5.74) is 6.50. The van der Waals surface area contributed by atoms with Crippen LogP contribution in [0.15, 0.2) is 34.2 Å². The number of nitrogens with two attached hydrogens (primary N) is 1. The Bertz CT molecular complexity index is 599. The number of hydrogen-bond donors (Lipinski definition) is 1. The van der Waals surface area contributed by atoms with Crippen LogP contribution in [0.4, 0.5) is 5.95 Å². The maximum Gasteiger partial charge on any atom is 0.221 e. The number of aryl methyl sites for hydroxylation is 1. The lowest BCUT2D eigenvalue weighted by Gasteiger charge is -2.18. The summed E-state index contributed by atoms with van der Waals surface area (Å²) in [4.78, 5) is 9.28. The second-order valence-electron chi connectivity index (χ2n) is 4.11. The number of hydrogen-bond acceptors (Lipinski definition) is 6. The predicted octanol–water partition coefficient (Wildman–Crippen LogP) is 2.29. The van der Waals surface area contributed by atoms with Gasteiger partial charge in [0, 0.05) is 10.6 Å². The van der Waals surface area contributed by atoms with Gasteiger partial charge in [-0.15, -0.1) is 0 Å². The van der Waals surface area contributed by atoms with Crippen molar-refractivity contribution in [3.05, 3.63) is 30.0 Å². The molecular formula is C13H13N3O2S. The first-order valence-electron chi connectivity index (χ1n) is 5.89. The van der Waals surface area contributed by atoms with Crippen LogP contribution in [0, 0.1) is 6.92 Å². The molecule has 0 atom stereocenters. The predicted molar refractivity (Wildman–Crippen MR) is 72.7 cm³/mol. The Morgan fingerprint density at radius 3 is 2.68 bits per heavy atom. The van der Waals surface area contributed by atoms with Gasteiger partial charge in [0.15, 0.2) is 11.5 Å². The first kappa shape index (κ1) is 12.1. The maximum atomic E-state index is 5.64. The highest BCUT2D eigenvalue weighted by atomic mass is 32.2. The Hall–Kier alpha value is -1.95. The molecule has 1 aromatic carbocycles. The molecule has 0 bridgehead atoms. The number of benzene rings is 1. The summed E-state index contributed by atoms with van der Waals surface area (Å²) in [5, 5.41) is 0.821. The van der Waals surface area contributed by atoms with Crippen LogP contribution < -0.4 is 15.2 Å². The highest BCUT2D eigenvalue weighted by Crippen LogP contribution is 2.36. The lowest BCUT2D eigenvalue weighted by atomic mass is 10.3. The fourth-order valence-corrected chi connectivity index (χ4v) is 2.73. The minimum atomic E-state index is 0.292. The highest BCUT2D eigenvalue weighted by Gasteiger charge is 2.12. The van der Waals surface area contributed by atoms with Gasteiger partial charge in [0.1, 0.15) is 18.2 Å². The Labute approximate surface area is 115 Å². The summed E-state index contributed by atoms with van der Waals surface area (Å²) in [6.07, 6.45) is 0. The molecule has 0 saturated heterocycles. The molecule has 0 saturated carbocycles. The molecule has 19 heavy (non-hydrogen) atoms. The molecule has 98 valence electrons. The van der Waals surface area contributed by atoms with Gasteiger partial charge >= 0.3 is 0 Å². The average molecular weight is 275 g/mol. The minimum absolute atomic E-state index is 0.292. The van der Waals surface area contributed by atoms with E-state index in [-0.39, 0.29) is 0 Å². The van der Waals surface area contributed by atoms with Crippen molar-refractivity contribution in [3.8, 4) is 11.5 Å². The standard InChI is InChI=1S/C13H13N3O2S/c1-8-6-12(16-13(14)15-8)19-9-2-3-10-11(7-9)18-5-4-17-10/h2-3,6-7H,4-5H2,1H3,(H2,14,15,16). The van der Waals surface area contributed by atoms with Crippen molar-refractivity contribution in [2.45, 2.75) is 16.8 Å². The van der Waals surface area contributed by atoms with Crippen molar-refractivity contribution in [1.82, 2.24) is 9.97 Å². The lowest BCUT2D eigenvalue weighted by molar-refractivity contribution is 0.171. The van der Waals surface area contributed by atoms with E-state index < -0.39 is 0 Å². The van der Waals surface area contributed by atoms with Crippen molar-refractivity contribution in [1.29, 1.82) is 0 Å². The highest BCUT2D eigenvalue weighted by molar-refractivity contribution is 7.99. The molecular weight excluding hydrogens is 262 g/mol. The topological polar surface area (TPSA) is 70.3 Å². The van der Waals surface area contributed by atoms with Crippen molar-refractivity contribution < 1.29 is 9.47 Å². The van der Waals surface area contributed by atoms with Crippen LogP contribution in [-0.2, 0) is 0 Å². The van der Waals surface area contributed by atoms with Gasteiger partial charge in [-0.25, -0.2) is 9.97 Å². The molecule has 2 N–H and O–H groups in total. The molecule has 0 amide bonds. The molecule has 3 rings (SSSR count). The zero-order chi connectivity index (χ0) is 13.2. The summed E-state index contributed by atoms with van der Waals surface area (Å²) < 4.78 is 11.0. The molecule has 0 radical (unpaired) electrons. The number of rotatable bonds is 2. The minimum Gasteiger partial charge on any atom is -0.486 e. The summed E-state index contributed by atoms with van der Waals surface area (Å²) in [5.74, 6) is 1.85. The number of ether oxygens (including phenoxy) is 2. The van der Waals surface area contributed by atoms with Gasteiger partial charge in [0.05, 0.1) is 0 Å². The molecule has 0 fully saturated rings. The maximum absolute atomic E-state index is 5.64. The molecule has 2 heterocycles. The third-order valence-electron chi connectivity index (χ3n) is 2.58. The summed E-state index contributed by atoms with van der Waals surface area (Å²) in [7, 11) is 0. The average Bonchev–Trinajstić information content (AvgIpc) is 2.37. The van der Waals surface area contributed by atoms with Gasteiger partial charge in [-0.2, -0.15) is 0 Å². The smallest absolute Gasteiger partial charge is 0.221 e. The summed E-state index contributed by atoms with van der Waals surface area (Å²) in [6.45, 7) is 3.08. The van der Waals surface area contributed by atoms with E-state index in [1.54, 1.807) is 0 Å². The van der Waals surface area contributed by atoms with Crippen LogP contribution in [0.2, 0.25) is 0 Å². The molecule has 1 aliphatic heterocycles. The van der Waals surface area contributed by atoms with Gasteiger partial charge in [0.2, 0.25) is 5.95 Å². The van der Waals surface area contributed by atoms with Crippen molar-refractivity contribution in [2.75, 3.05) is 18.9 Å².